The second-order valence-electron chi connectivity index (χ2n) is 2.70. The Kier molecular flexibility index (Phi) is 2.00. The molecule has 0 radical (unpaired) electrons. The monoisotopic (exact) mass is 196 g/mol. The van der Waals surface area contributed by atoms with E-state index in [0.717, 1.165) is 16.9 Å². The maximum Gasteiger partial charge on any atom is 0.0765 e. The van der Waals surface area contributed by atoms with Crippen molar-refractivity contribution in [2.45, 2.75) is 0 Å². The van der Waals surface area contributed by atoms with Crippen LogP contribution in [0.1, 0.15) is 5.56 Å². The molecule has 0 unspecified atom stereocenters. The Morgan fingerprint density at radius 2 is 1.92 bits per heavy atom. The molecular formula is C8H9ClN4. The van der Waals surface area contributed by atoms with Crippen LogP contribution in [0.25, 0.3) is 5.70 Å². The van der Waals surface area contributed by atoms with Crippen molar-refractivity contribution in [2.75, 3.05) is 5.73 Å². The van der Waals surface area contributed by atoms with Crippen molar-refractivity contribution in [2.24, 2.45) is 0 Å². The molecular weight excluding hydrogens is 188 g/mol. The van der Waals surface area contributed by atoms with Crippen molar-refractivity contribution < 1.29 is 0 Å². The number of anilines is 1. The van der Waals surface area contributed by atoms with Gasteiger partial charge in [-0.15, -0.1) is 0 Å². The zero-order chi connectivity index (χ0) is 9.26. The summed E-state index contributed by atoms with van der Waals surface area (Å²) in [6.07, 6.45) is 1.78. The largest absolute Gasteiger partial charge is 0.399 e. The summed E-state index contributed by atoms with van der Waals surface area (Å²) in [4.78, 5) is 0. The van der Waals surface area contributed by atoms with Crippen LogP contribution in [-0.2, 0) is 0 Å². The Labute approximate surface area is 81.0 Å². The molecule has 1 heterocycles. The first-order valence-electron chi connectivity index (χ1n) is 3.80. The molecule has 0 saturated carbocycles. The first-order chi connectivity index (χ1) is 6.25. The van der Waals surface area contributed by atoms with Crippen LogP contribution < -0.4 is 16.6 Å². The lowest BCUT2D eigenvalue weighted by molar-refractivity contribution is 0.371. The number of rotatable bonds is 1. The van der Waals surface area contributed by atoms with Crippen molar-refractivity contribution in [3.63, 3.8) is 0 Å². The molecule has 0 amide bonds. The number of halogens is 1. The van der Waals surface area contributed by atoms with E-state index >= 15 is 0 Å². The molecule has 1 aromatic rings. The number of hydrogen-bond donors (Lipinski definition) is 3. The molecule has 68 valence electrons. The van der Waals surface area contributed by atoms with Gasteiger partial charge in [-0.3, -0.25) is 10.9 Å². The van der Waals surface area contributed by atoms with Gasteiger partial charge in [-0.25, -0.2) is 0 Å². The zero-order valence-corrected chi connectivity index (χ0v) is 7.55. The molecule has 0 atom stereocenters. The maximum absolute atomic E-state index is 5.62. The third-order valence-corrected chi connectivity index (χ3v) is 1.94. The highest BCUT2D eigenvalue weighted by Crippen LogP contribution is 2.16. The molecule has 1 aromatic carbocycles. The second kappa shape index (κ2) is 3.16. The fourth-order valence-electron chi connectivity index (χ4n) is 1.10. The van der Waals surface area contributed by atoms with Gasteiger partial charge in [0.25, 0.3) is 0 Å². The first-order valence-corrected chi connectivity index (χ1v) is 4.14. The van der Waals surface area contributed by atoms with Gasteiger partial charge in [-0.2, -0.15) is 0 Å². The summed E-state index contributed by atoms with van der Waals surface area (Å²) in [5.41, 5.74) is 13.9. The van der Waals surface area contributed by atoms with Crippen LogP contribution in [0.15, 0.2) is 30.5 Å². The highest BCUT2D eigenvalue weighted by molar-refractivity contribution is 6.13. The van der Waals surface area contributed by atoms with Crippen molar-refractivity contribution >= 4 is 23.2 Å². The Balaban J connectivity index is 2.22. The van der Waals surface area contributed by atoms with Gasteiger partial charge in [-0.1, -0.05) is 12.1 Å². The van der Waals surface area contributed by atoms with Crippen LogP contribution in [0.3, 0.4) is 0 Å². The van der Waals surface area contributed by atoms with Gasteiger partial charge in [-0.05, 0) is 16.8 Å². The van der Waals surface area contributed by atoms with E-state index in [4.69, 9.17) is 17.5 Å². The number of nitrogens with one attached hydrogen (secondary N) is 2. The zero-order valence-electron chi connectivity index (χ0n) is 6.79. The molecule has 5 heteroatoms. The summed E-state index contributed by atoms with van der Waals surface area (Å²) in [7, 11) is 0. The normalized spacial score (nSPS) is 16.2. The molecule has 4 nitrogen and oxygen atoms in total. The molecule has 0 spiro atoms. The molecule has 1 aliphatic rings. The molecule has 1 aliphatic heterocycles. The van der Waals surface area contributed by atoms with E-state index in [0.29, 0.717) is 0 Å². The van der Waals surface area contributed by atoms with Crippen LogP contribution in [0, 0.1) is 0 Å². The van der Waals surface area contributed by atoms with Gasteiger partial charge in [0.15, 0.2) is 0 Å². The van der Waals surface area contributed by atoms with E-state index in [9.17, 15) is 0 Å². The quantitative estimate of drug-likeness (QED) is 0.464. The van der Waals surface area contributed by atoms with Gasteiger partial charge in [0.05, 0.1) is 5.70 Å². The van der Waals surface area contributed by atoms with Crippen LogP contribution in [-0.4, -0.2) is 4.64 Å². The SMILES string of the molecule is Nc1ccc(C2=CNN(Cl)N2)cc1. The average Bonchev–Trinajstić information content (AvgIpc) is 2.53. The molecule has 0 saturated heterocycles. The van der Waals surface area contributed by atoms with Gasteiger partial charge < -0.3 is 5.73 Å². The number of hydrazine groups is 2. The molecule has 0 aliphatic carbocycles. The van der Waals surface area contributed by atoms with Crippen molar-refractivity contribution in [1.82, 2.24) is 15.5 Å². The minimum Gasteiger partial charge on any atom is -0.399 e. The minimum atomic E-state index is 0.748. The molecule has 0 bridgehead atoms. The summed E-state index contributed by atoms with van der Waals surface area (Å²) < 4.78 is 1.26. The van der Waals surface area contributed by atoms with Gasteiger partial charge in [0, 0.05) is 29.2 Å². The lowest BCUT2D eigenvalue weighted by atomic mass is 10.1. The van der Waals surface area contributed by atoms with Gasteiger partial charge >= 0.3 is 0 Å². The lowest BCUT2D eigenvalue weighted by Gasteiger charge is -2.07. The Morgan fingerprint density at radius 1 is 1.23 bits per heavy atom. The minimum absolute atomic E-state index is 0.748. The van der Waals surface area contributed by atoms with Crippen LogP contribution in [0.4, 0.5) is 5.69 Å². The van der Waals surface area contributed by atoms with Crippen molar-refractivity contribution in [3.8, 4) is 0 Å². The van der Waals surface area contributed by atoms with Crippen LogP contribution in [0.5, 0.6) is 0 Å². The summed E-state index contributed by atoms with van der Waals surface area (Å²) in [6, 6.07) is 7.53. The highest BCUT2D eigenvalue weighted by Gasteiger charge is 2.10. The number of hydrogen-bond acceptors (Lipinski definition) is 4. The fraction of sp³-hybridized carbons (Fsp3) is 0. The maximum atomic E-state index is 5.62. The van der Waals surface area contributed by atoms with E-state index in [-0.39, 0.29) is 0 Å². The lowest BCUT2D eigenvalue weighted by Crippen LogP contribution is -2.28. The predicted molar refractivity (Wildman–Crippen MR) is 52.8 cm³/mol. The summed E-state index contributed by atoms with van der Waals surface area (Å²) in [5.74, 6) is 0. The van der Waals surface area contributed by atoms with E-state index in [2.05, 4.69) is 10.9 Å². The number of nitrogen functional groups attached to an aromatic ring is 1. The van der Waals surface area contributed by atoms with Crippen molar-refractivity contribution in [3.05, 3.63) is 36.0 Å². The second-order valence-corrected chi connectivity index (χ2v) is 3.04. The average molecular weight is 197 g/mol. The van der Waals surface area contributed by atoms with Gasteiger partial charge in [0.2, 0.25) is 0 Å². The number of benzene rings is 1. The molecule has 13 heavy (non-hydrogen) atoms. The Hall–Kier alpha value is -1.39. The topological polar surface area (TPSA) is 53.3 Å². The summed E-state index contributed by atoms with van der Waals surface area (Å²) in [5, 5.41) is 0. The summed E-state index contributed by atoms with van der Waals surface area (Å²) >= 11 is 5.62. The molecule has 4 N–H and O–H groups in total. The van der Waals surface area contributed by atoms with Crippen LogP contribution >= 0.6 is 11.8 Å². The molecule has 2 rings (SSSR count). The first kappa shape index (κ1) is 8.22. The third kappa shape index (κ3) is 1.68. The van der Waals surface area contributed by atoms with E-state index in [1.807, 2.05) is 24.3 Å². The van der Waals surface area contributed by atoms with Crippen LogP contribution in [0.2, 0.25) is 0 Å². The number of nitrogens with two attached hydrogens (primary N) is 1. The number of nitrogens with zero attached hydrogens (tertiary/aromatic N) is 1. The van der Waals surface area contributed by atoms with Gasteiger partial charge in [0.1, 0.15) is 0 Å². The fourth-order valence-corrected chi connectivity index (χ4v) is 1.24. The molecule has 0 fully saturated rings. The molecule has 0 aromatic heterocycles. The highest BCUT2D eigenvalue weighted by atomic mass is 35.5. The van der Waals surface area contributed by atoms with Crippen molar-refractivity contribution in [1.29, 1.82) is 0 Å². The Morgan fingerprint density at radius 3 is 2.46 bits per heavy atom. The standard InChI is InChI=1S/C8H9ClN4/c9-13-11-5-8(12-13)6-1-3-7(10)4-2-6/h1-5,11-12H,10H2. The third-order valence-electron chi connectivity index (χ3n) is 1.76. The Bertz CT molecular complexity index is 333. The van der Waals surface area contributed by atoms with E-state index in [1.165, 1.54) is 4.64 Å². The smallest absolute Gasteiger partial charge is 0.0765 e. The van der Waals surface area contributed by atoms with E-state index < -0.39 is 0 Å². The predicted octanol–water partition coefficient (Wildman–Crippen LogP) is 1.05. The van der Waals surface area contributed by atoms with E-state index in [1.54, 1.807) is 6.20 Å². The summed E-state index contributed by atoms with van der Waals surface area (Å²) in [6.45, 7) is 0.